The van der Waals surface area contributed by atoms with Crippen molar-refractivity contribution < 1.29 is 36.2 Å². The average Bonchev–Trinajstić information content (AvgIpc) is 2.76. The molecule has 1 heterocycles. The van der Waals surface area contributed by atoms with Gasteiger partial charge in [0, 0.05) is 17.3 Å². The van der Waals surface area contributed by atoms with Crippen LogP contribution in [0.1, 0.15) is 19.4 Å². The van der Waals surface area contributed by atoms with E-state index in [9.17, 15) is 31.4 Å². The van der Waals surface area contributed by atoms with E-state index in [-0.39, 0.29) is 41.2 Å². The molecule has 3 aromatic rings. The Morgan fingerprint density at radius 1 is 1.00 bits per heavy atom. The molecule has 3 rings (SSSR count). The maximum Gasteiger partial charge on any atom is 0.573 e. The zero-order valence-electron chi connectivity index (χ0n) is 18.9. The lowest BCUT2D eigenvalue weighted by Crippen LogP contribution is -2.30. The van der Waals surface area contributed by atoms with Crippen LogP contribution >= 0.6 is 11.6 Å². The number of anilines is 3. The highest BCUT2D eigenvalue weighted by Gasteiger charge is 2.33. The van der Waals surface area contributed by atoms with Crippen LogP contribution in [0, 0.1) is 5.92 Å². The van der Waals surface area contributed by atoms with E-state index in [4.69, 9.17) is 11.6 Å². The maximum atomic E-state index is 13.3. The molecule has 6 nitrogen and oxygen atoms in total. The van der Waals surface area contributed by atoms with Crippen LogP contribution in [0.4, 0.5) is 43.8 Å². The van der Waals surface area contributed by atoms with Gasteiger partial charge in [0.2, 0.25) is 5.95 Å². The summed E-state index contributed by atoms with van der Waals surface area (Å²) in [7, 11) is 0. The SMILES string of the molecule is CC(C)[C@@H](CO)Nc1nc(Nc2ccc(Cl)c(C(F)(F)F)c2)cc(-c2cccc(OC(F)(F)F)c2)n1. The van der Waals surface area contributed by atoms with Gasteiger partial charge in [-0.2, -0.15) is 18.2 Å². The summed E-state index contributed by atoms with van der Waals surface area (Å²) in [5.74, 6) is -0.492. The van der Waals surface area contributed by atoms with Gasteiger partial charge in [0.05, 0.1) is 28.9 Å². The summed E-state index contributed by atoms with van der Waals surface area (Å²) < 4.78 is 81.8. The Labute approximate surface area is 207 Å². The first-order valence-electron chi connectivity index (χ1n) is 10.5. The molecule has 0 unspecified atom stereocenters. The van der Waals surface area contributed by atoms with Gasteiger partial charge in [0.25, 0.3) is 0 Å². The predicted octanol–water partition coefficient (Wildman–Crippen LogP) is 6.89. The molecule has 1 aromatic heterocycles. The summed E-state index contributed by atoms with van der Waals surface area (Å²) in [5, 5.41) is 14.8. The van der Waals surface area contributed by atoms with Gasteiger partial charge in [-0.05, 0) is 36.2 Å². The van der Waals surface area contributed by atoms with Crippen LogP contribution in [-0.2, 0) is 6.18 Å². The quantitative estimate of drug-likeness (QED) is 0.273. The normalized spacial score (nSPS) is 13.0. The molecule has 0 aliphatic rings. The van der Waals surface area contributed by atoms with Gasteiger partial charge in [0.1, 0.15) is 11.6 Å². The summed E-state index contributed by atoms with van der Waals surface area (Å²) in [5.41, 5.74) is -0.673. The first kappa shape index (κ1) is 27.3. The predicted molar refractivity (Wildman–Crippen MR) is 123 cm³/mol. The van der Waals surface area contributed by atoms with E-state index in [1.54, 1.807) is 0 Å². The van der Waals surface area contributed by atoms with Gasteiger partial charge in [0.15, 0.2) is 0 Å². The molecule has 1 atom stereocenters. The number of aliphatic hydroxyl groups excluding tert-OH is 1. The largest absolute Gasteiger partial charge is 0.573 e. The molecule has 13 heteroatoms. The fourth-order valence-corrected chi connectivity index (χ4v) is 3.36. The molecular formula is C23H21ClF6N4O2. The van der Waals surface area contributed by atoms with E-state index in [0.29, 0.717) is 0 Å². The van der Waals surface area contributed by atoms with Crippen molar-refractivity contribution in [2.75, 3.05) is 17.2 Å². The van der Waals surface area contributed by atoms with E-state index in [0.717, 1.165) is 24.3 Å². The maximum absolute atomic E-state index is 13.3. The van der Waals surface area contributed by atoms with Gasteiger partial charge >= 0.3 is 12.5 Å². The van der Waals surface area contributed by atoms with Crippen LogP contribution in [0.3, 0.4) is 0 Å². The molecule has 0 radical (unpaired) electrons. The first-order valence-corrected chi connectivity index (χ1v) is 10.9. The lowest BCUT2D eigenvalue weighted by atomic mass is 10.1. The van der Waals surface area contributed by atoms with Gasteiger partial charge < -0.3 is 20.5 Å². The number of hydrogen-bond acceptors (Lipinski definition) is 6. The minimum absolute atomic E-state index is 0.00472. The minimum Gasteiger partial charge on any atom is -0.406 e. The Morgan fingerprint density at radius 2 is 1.72 bits per heavy atom. The van der Waals surface area contributed by atoms with Crippen LogP contribution in [0.25, 0.3) is 11.3 Å². The van der Waals surface area contributed by atoms with Crippen LogP contribution in [0.5, 0.6) is 5.75 Å². The Balaban J connectivity index is 2.04. The Bertz CT molecular complexity index is 1200. The average molecular weight is 535 g/mol. The molecule has 0 saturated carbocycles. The lowest BCUT2D eigenvalue weighted by molar-refractivity contribution is -0.274. The second-order valence-corrected chi connectivity index (χ2v) is 8.44. The van der Waals surface area contributed by atoms with Gasteiger partial charge in [-0.25, -0.2) is 4.98 Å². The van der Waals surface area contributed by atoms with E-state index in [1.807, 2.05) is 13.8 Å². The van der Waals surface area contributed by atoms with E-state index in [1.165, 1.54) is 24.3 Å². The van der Waals surface area contributed by atoms with Crippen molar-refractivity contribution in [3.63, 3.8) is 0 Å². The summed E-state index contributed by atoms with van der Waals surface area (Å²) in [6, 6.07) is 9.11. The summed E-state index contributed by atoms with van der Waals surface area (Å²) in [6.45, 7) is 3.40. The van der Waals surface area contributed by atoms with Crippen LogP contribution < -0.4 is 15.4 Å². The summed E-state index contributed by atoms with van der Waals surface area (Å²) in [4.78, 5) is 8.56. The molecular weight excluding hydrogens is 514 g/mol. The Hall–Kier alpha value is -3.25. The summed E-state index contributed by atoms with van der Waals surface area (Å²) >= 11 is 5.68. The van der Waals surface area contributed by atoms with Crippen molar-refractivity contribution in [2.24, 2.45) is 5.92 Å². The Kier molecular flexibility index (Phi) is 8.19. The van der Waals surface area contributed by atoms with Crippen molar-refractivity contribution in [1.29, 1.82) is 0 Å². The molecule has 3 N–H and O–H groups in total. The number of nitrogens with one attached hydrogen (secondary N) is 2. The van der Waals surface area contributed by atoms with Gasteiger partial charge in [-0.15, -0.1) is 13.2 Å². The van der Waals surface area contributed by atoms with E-state index >= 15 is 0 Å². The number of hydrogen-bond donors (Lipinski definition) is 3. The lowest BCUT2D eigenvalue weighted by Gasteiger charge is -2.21. The van der Waals surface area contributed by atoms with E-state index < -0.39 is 34.9 Å². The summed E-state index contributed by atoms with van der Waals surface area (Å²) in [6.07, 6.45) is -9.59. The molecule has 0 aliphatic heterocycles. The fraction of sp³-hybridized carbons (Fsp3) is 0.304. The van der Waals surface area contributed by atoms with Gasteiger partial charge in [-0.1, -0.05) is 37.6 Å². The number of benzene rings is 2. The Morgan fingerprint density at radius 3 is 2.33 bits per heavy atom. The minimum atomic E-state index is -4.90. The van der Waals surface area contributed by atoms with Crippen LogP contribution in [0.15, 0.2) is 48.5 Å². The molecule has 0 saturated heterocycles. The van der Waals surface area contributed by atoms with Crippen molar-refractivity contribution in [2.45, 2.75) is 32.4 Å². The van der Waals surface area contributed by atoms with Gasteiger partial charge in [-0.3, -0.25) is 0 Å². The highest BCUT2D eigenvalue weighted by Crippen LogP contribution is 2.37. The number of alkyl halides is 6. The zero-order chi connectivity index (χ0) is 26.7. The molecule has 0 aliphatic carbocycles. The molecule has 0 amide bonds. The standard InChI is InChI=1S/C23H21ClF6N4O2/c1-12(2)19(11-35)33-21-32-18(13-4-3-5-15(8-13)36-23(28,29)30)10-20(34-21)31-14-6-7-17(24)16(9-14)22(25,26)27/h3-10,12,19,35H,11H2,1-2H3,(H2,31,32,33,34)/t19-/m1/s1. The van der Waals surface area contributed by atoms with Crippen molar-refractivity contribution in [3.8, 4) is 17.0 Å². The zero-order valence-corrected chi connectivity index (χ0v) is 19.6. The number of ether oxygens (including phenoxy) is 1. The monoisotopic (exact) mass is 534 g/mol. The molecule has 0 fully saturated rings. The molecule has 36 heavy (non-hydrogen) atoms. The van der Waals surface area contributed by atoms with Crippen molar-refractivity contribution >= 4 is 29.1 Å². The smallest absolute Gasteiger partial charge is 0.406 e. The van der Waals surface area contributed by atoms with Crippen LogP contribution in [-0.4, -0.2) is 34.1 Å². The van der Waals surface area contributed by atoms with E-state index in [2.05, 4.69) is 25.3 Å². The van der Waals surface area contributed by atoms with Crippen molar-refractivity contribution in [3.05, 3.63) is 59.1 Å². The third-order valence-corrected chi connectivity index (χ3v) is 5.28. The molecule has 194 valence electrons. The first-order chi connectivity index (χ1) is 16.7. The van der Waals surface area contributed by atoms with Crippen LogP contribution in [0.2, 0.25) is 5.02 Å². The second-order valence-electron chi connectivity index (χ2n) is 8.03. The third-order valence-electron chi connectivity index (χ3n) is 4.95. The number of aliphatic hydroxyl groups is 1. The topological polar surface area (TPSA) is 79.3 Å². The highest BCUT2D eigenvalue weighted by atomic mass is 35.5. The molecule has 0 spiro atoms. The molecule has 2 aromatic carbocycles. The number of halogens is 7. The number of rotatable bonds is 8. The highest BCUT2D eigenvalue weighted by molar-refractivity contribution is 6.31. The van der Waals surface area contributed by atoms with Crippen molar-refractivity contribution in [1.82, 2.24) is 9.97 Å². The number of aromatic nitrogens is 2. The third kappa shape index (κ3) is 7.37. The second kappa shape index (κ2) is 10.8. The number of nitrogens with zero attached hydrogens (tertiary/aromatic N) is 2. The fourth-order valence-electron chi connectivity index (χ4n) is 3.13. The molecule has 0 bridgehead atoms.